The molecule has 0 aliphatic rings. The van der Waals surface area contributed by atoms with E-state index in [-0.39, 0.29) is 0 Å². The fraction of sp³-hybridized carbons (Fsp3) is 0.182. The molecule has 2 nitrogen and oxygen atoms in total. The van der Waals surface area contributed by atoms with Gasteiger partial charge in [-0.25, -0.2) is 0 Å². The molecule has 0 bridgehead atoms. The van der Waals surface area contributed by atoms with E-state index in [4.69, 9.17) is 21.4 Å². The van der Waals surface area contributed by atoms with E-state index >= 15 is 0 Å². The Morgan fingerprint density at radius 3 is 2.93 bits per heavy atom. The monoisotopic (exact) mass is 206 g/mol. The first-order chi connectivity index (χ1) is 6.81. The highest BCUT2D eigenvalue weighted by Gasteiger charge is 2.02. The predicted octanol–water partition coefficient (Wildman–Crippen LogP) is 3.56. The van der Waals surface area contributed by atoms with E-state index < -0.39 is 0 Å². The van der Waals surface area contributed by atoms with Gasteiger partial charge in [0.1, 0.15) is 11.3 Å². The minimum absolute atomic E-state index is 0.451. The predicted molar refractivity (Wildman–Crippen MR) is 58.2 cm³/mol. The summed E-state index contributed by atoms with van der Waals surface area (Å²) in [5.41, 5.74) is 0.767. The minimum Gasteiger partial charge on any atom is -0.493 e. The maximum atomic E-state index is 5.47. The molecule has 0 fully saturated rings. The van der Waals surface area contributed by atoms with E-state index in [0.29, 0.717) is 11.3 Å². The second-order valence-corrected chi connectivity index (χ2v) is 3.26. The van der Waals surface area contributed by atoms with Gasteiger partial charge in [0.25, 0.3) is 0 Å². The molecule has 3 heteroatoms. The van der Waals surface area contributed by atoms with Crippen LogP contribution < -0.4 is 4.74 Å². The van der Waals surface area contributed by atoms with Crippen LogP contribution in [-0.4, -0.2) is 6.61 Å². The zero-order valence-corrected chi connectivity index (χ0v) is 8.64. The lowest BCUT2D eigenvalue weighted by atomic mass is 10.2. The Balaban J connectivity index is 2.73. The molecule has 72 valence electrons. The van der Waals surface area contributed by atoms with Crippen molar-refractivity contribution in [2.75, 3.05) is 6.61 Å². The van der Waals surface area contributed by atoms with Crippen molar-refractivity contribution < 1.29 is 9.15 Å². The number of benzene rings is 1. The third-order valence-electron chi connectivity index (χ3n) is 1.91. The second kappa shape index (κ2) is 3.80. The number of ether oxygens (including phenoxy) is 1. The normalized spacial score (nSPS) is 10.4. The largest absolute Gasteiger partial charge is 0.493 e. The molecule has 0 radical (unpaired) electrons. The quantitative estimate of drug-likeness (QED) is 0.701. The van der Waals surface area contributed by atoms with Gasteiger partial charge in [0.2, 0.25) is 0 Å². The fourth-order valence-corrected chi connectivity index (χ4v) is 1.55. The Bertz CT molecular complexity index is 502. The van der Waals surface area contributed by atoms with Gasteiger partial charge in [-0.3, -0.25) is 0 Å². The molecule has 1 aromatic heterocycles. The van der Waals surface area contributed by atoms with E-state index in [1.165, 1.54) is 0 Å². The van der Waals surface area contributed by atoms with Gasteiger partial charge in [-0.05, 0) is 31.3 Å². The van der Waals surface area contributed by atoms with Crippen LogP contribution in [0.2, 0.25) is 0 Å². The van der Waals surface area contributed by atoms with Gasteiger partial charge >= 0.3 is 0 Å². The van der Waals surface area contributed by atoms with Crippen LogP contribution in [0.4, 0.5) is 0 Å². The first kappa shape index (κ1) is 9.21. The van der Waals surface area contributed by atoms with Gasteiger partial charge in [0.05, 0.1) is 12.0 Å². The third-order valence-corrected chi connectivity index (χ3v) is 2.11. The Morgan fingerprint density at radius 2 is 2.14 bits per heavy atom. The molecular weight excluding hydrogens is 196 g/mol. The zero-order chi connectivity index (χ0) is 9.97. The van der Waals surface area contributed by atoms with Crippen molar-refractivity contribution >= 4 is 23.2 Å². The lowest BCUT2D eigenvalue weighted by molar-refractivity contribution is 0.341. The van der Waals surface area contributed by atoms with Crippen LogP contribution in [-0.2, 0) is 0 Å². The van der Waals surface area contributed by atoms with Gasteiger partial charge in [0.15, 0.2) is 4.71 Å². The topological polar surface area (TPSA) is 22.4 Å². The SMILES string of the molecule is CCOc1cc(=S)oc2ccccc12. The van der Waals surface area contributed by atoms with Crippen LogP contribution in [0, 0.1) is 4.71 Å². The van der Waals surface area contributed by atoms with Crippen LogP contribution >= 0.6 is 12.2 Å². The van der Waals surface area contributed by atoms with E-state index in [0.717, 1.165) is 16.7 Å². The summed E-state index contributed by atoms with van der Waals surface area (Å²) in [6.45, 7) is 2.57. The van der Waals surface area contributed by atoms with Crippen molar-refractivity contribution in [2.45, 2.75) is 6.92 Å². The van der Waals surface area contributed by atoms with Crippen molar-refractivity contribution in [1.82, 2.24) is 0 Å². The second-order valence-electron chi connectivity index (χ2n) is 2.86. The summed E-state index contributed by atoms with van der Waals surface area (Å²) in [6, 6.07) is 9.44. The number of hydrogen-bond donors (Lipinski definition) is 0. The molecule has 0 aliphatic heterocycles. The highest BCUT2D eigenvalue weighted by Crippen LogP contribution is 2.25. The number of hydrogen-bond acceptors (Lipinski definition) is 3. The van der Waals surface area contributed by atoms with Gasteiger partial charge in [-0.15, -0.1) is 0 Å². The molecule has 1 heterocycles. The first-order valence-corrected chi connectivity index (χ1v) is 4.88. The van der Waals surface area contributed by atoms with Crippen LogP contribution in [0.1, 0.15) is 6.92 Å². The summed E-state index contributed by atoms with van der Waals surface area (Å²) in [5.74, 6) is 0.791. The third kappa shape index (κ3) is 1.63. The summed E-state index contributed by atoms with van der Waals surface area (Å²) in [5, 5.41) is 0.961. The molecule has 0 saturated heterocycles. The Hall–Kier alpha value is -1.35. The van der Waals surface area contributed by atoms with Crippen molar-refractivity contribution in [3.05, 3.63) is 35.0 Å². The highest BCUT2D eigenvalue weighted by molar-refractivity contribution is 7.71. The van der Waals surface area contributed by atoms with Crippen molar-refractivity contribution in [3.8, 4) is 5.75 Å². The van der Waals surface area contributed by atoms with Gasteiger partial charge < -0.3 is 9.15 Å². The molecule has 0 unspecified atom stereocenters. The summed E-state index contributed by atoms with van der Waals surface area (Å²) < 4.78 is 11.3. The Morgan fingerprint density at radius 1 is 1.36 bits per heavy atom. The molecule has 2 rings (SSSR count). The van der Waals surface area contributed by atoms with Crippen molar-refractivity contribution in [3.63, 3.8) is 0 Å². The fourth-order valence-electron chi connectivity index (χ4n) is 1.36. The standard InChI is InChI=1S/C11H10O2S/c1-2-12-10-7-11(14)13-9-6-4-3-5-8(9)10/h3-7H,2H2,1H3. The summed E-state index contributed by atoms with van der Waals surface area (Å²) in [7, 11) is 0. The van der Waals surface area contributed by atoms with Crippen molar-refractivity contribution in [1.29, 1.82) is 0 Å². The van der Waals surface area contributed by atoms with E-state index in [2.05, 4.69) is 0 Å². The molecular formula is C11H10O2S. The Labute approximate surface area is 87.1 Å². The van der Waals surface area contributed by atoms with Gasteiger partial charge in [0, 0.05) is 6.07 Å². The minimum atomic E-state index is 0.451. The molecule has 0 amide bonds. The summed E-state index contributed by atoms with van der Waals surface area (Å²) in [4.78, 5) is 0. The molecule has 0 spiro atoms. The molecule has 0 saturated carbocycles. The maximum absolute atomic E-state index is 5.47. The number of rotatable bonds is 2. The zero-order valence-electron chi connectivity index (χ0n) is 7.82. The molecule has 2 aromatic rings. The molecule has 0 aliphatic carbocycles. The molecule has 1 aromatic carbocycles. The first-order valence-electron chi connectivity index (χ1n) is 4.47. The van der Waals surface area contributed by atoms with E-state index in [1.54, 1.807) is 6.07 Å². The van der Waals surface area contributed by atoms with Crippen LogP contribution in [0.3, 0.4) is 0 Å². The molecule has 0 atom stereocenters. The van der Waals surface area contributed by atoms with Gasteiger partial charge in [-0.1, -0.05) is 12.1 Å². The Kier molecular flexibility index (Phi) is 2.50. The number of fused-ring (bicyclic) bond motifs is 1. The average molecular weight is 206 g/mol. The van der Waals surface area contributed by atoms with Gasteiger partial charge in [-0.2, -0.15) is 0 Å². The van der Waals surface area contributed by atoms with Crippen LogP contribution in [0.5, 0.6) is 5.75 Å². The summed E-state index contributed by atoms with van der Waals surface area (Å²) >= 11 is 4.99. The molecule has 0 N–H and O–H groups in total. The molecule has 14 heavy (non-hydrogen) atoms. The van der Waals surface area contributed by atoms with E-state index in [1.807, 2.05) is 31.2 Å². The smallest absolute Gasteiger partial charge is 0.194 e. The van der Waals surface area contributed by atoms with E-state index in [9.17, 15) is 0 Å². The lowest BCUT2D eigenvalue weighted by Gasteiger charge is -2.05. The van der Waals surface area contributed by atoms with Crippen LogP contribution in [0.25, 0.3) is 11.0 Å². The highest BCUT2D eigenvalue weighted by atomic mass is 32.1. The maximum Gasteiger partial charge on any atom is 0.194 e. The van der Waals surface area contributed by atoms with Crippen LogP contribution in [0.15, 0.2) is 34.7 Å². The lowest BCUT2D eigenvalue weighted by Crippen LogP contribution is -1.92. The number of para-hydroxylation sites is 1. The van der Waals surface area contributed by atoms with Crippen molar-refractivity contribution in [2.24, 2.45) is 0 Å². The average Bonchev–Trinajstić information content (AvgIpc) is 2.18. The summed E-state index contributed by atoms with van der Waals surface area (Å²) in [6.07, 6.45) is 0.